The van der Waals surface area contributed by atoms with Crippen LogP contribution in [0, 0.1) is 17.6 Å². The Kier molecular flexibility index (Phi) is 5.53. The van der Waals surface area contributed by atoms with E-state index in [9.17, 15) is 8.78 Å². The minimum atomic E-state index is -0.518. The zero-order chi connectivity index (χ0) is 14.5. The highest BCUT2D eigenvalue weighted by Gasteiger charge is 2.21. The van der Waals surface area contributed by atoms with E-state index >= 15 is 0 Å². The van der Waals surface area contributed by atoms with Crippen LogP contribution in [0.15, 0.2) is 18.2 Å². The molecule has 1 saturated carbocycles. The molecule has 1 aliphatic rings. The molecule has 20 heavy (non-hydrogen) atoms. The van der Waals surface area contributed by atoms with E-state index in [1.165, 1.54) is 44.6 Å². The number of hydrogen-bond donors (Lipinski definition) is 1. The molecule has 3 heteroatoms. The fourth-order valence-electron chi connectivity index (χ4n) is 3.28. The molecule has 1 aromatic rings. The third-order valence-corrected chi connectivity index (χ3v) is 4.55. The van der Waals surface area contributed by atoms with Gasteiger partial charge in [0.1, 0.15) is 11.6 Å². The molecule has 0 saturated heterocycles. The highest BCUT2D eigenvalue weighted by atomic mass is 19.1. The minimum Gasteiger partial charge on any atom is -0.307 e. The lowest BCUT2D eigenvalue weighted by molar-refractivity contribution is 0.314. The van der Waals surface area contributed by atoms with Gasteiger partial charge in [0.25, 0.3) is 0 Å². The summed E-state index contributed by atoms with van der Waals surface area (Å²) in [6.45, 7) is 4.14. The quantitative estimate of drug-likeness (QED) is 0.768. The van der Waals surface area contributed by atoms with Crippen molar-refractivity contribution in [1.29, 1.82) is 0 Å². The Labute approximate surface area is 120 Å². The van der Waals surface area contributed by atoms with Crippen LogP contribution in [-0.4, -0.2) is 6.04 Å². The third kappa shape index (κ3) is 4.02. The van der Waals surface area contributed by atoms with Gasteiger partial charge in [0.05, 0.1) is 0 Å². The first-order valence-corrected chi connectivity index (χ1v) is 7.79. The maximum absolute atomic E-state index is 13.8. The van der Waals surface area contributed by atoms with Gasteiger partial charge in [-0.2, -0.15) is 0 Å². The molecule has 0 spiro atoms. The largest absolute Gasteiger partial charge is 0.307 e. The predicted molar refractivity (Wildman–Crippen MR) is 78.6 cm³/mol. The zero-order valence-corrected chi connectivity index (χ0v) is 12.5. The number of nitrogens with one attached hydrogen (secondary N) is 1. The Balaban J connectivity index is 1.97. The predicted octanol–water partition coefficient (Wildman–Crippen LogP) is 4.97. The zero-order valence-electron chi connectivity index (χ0n) is 12.5. The van der Waals surface area contributed by atoms with E-state index in [4.69, 9.17) is 0 Å². The maximum Gasteiger partial charge on any atom is 0.130 e. The molecule has 0 heterocycles. The molecule has 1 nitrogen and oxygen atoms in total. The summed E-state index contributed by atoms with van der Waals surface area (Å²) < 4.78 is 26.7. The minimum absolute atomic E-state index is 0.0890. The smallest absolute Gasteiger partial charge is 0.130 e. The van der Waals surface area contributed by atoms with Gasteiger partial charge in [-0.1, -0.05) is 31.7 Å². The molecule has 0 radical (unpaired) electrons. The van der Waals surface area contributed by atoms with Gasteiger partial charge in [-0.25, -0.2) is 8.78 Å². The lowest BCUT2D eigenvalue weighted by Gasteiger charge is -2.27. The second-order valence-corrected chi connectivity index (χ2v) is 6.09. The van der Waals surface area contributed by atoms with Crippen LogP contribution in [0.4, 0.5) is 8.78 Å². The number of halogens is 2. The molecule has 0 bridgehead atoms. The Morgan fingerprint density at radius 3 is 2.30 bits per heavy atom. The standard InChI is InChI=1S/C17H25F2N/c1-12(14-7-5-3-4-6-8-14)20-13(2)16-10-9-15(18)11-17(16)19/h9-14,20H,3-8H2,1-2H3/t12-,13?/m1/s1. The van der Waals surface area contributed by atoms with Crippen LogP contribution in [-0.2, 0) is 0 Å². The van der Waals surface area contributed by atoms with Crippen molar-refractivity contribution in [3.05, 3.63) is 35.4 Å². The third-order valence-electron chi connectivity index (χ3n) is 4.55. The summed E-state index contributed by atoms with van der Waals surface area (Å²) >= 11 is 0. The van der Waals surface area contributed by atoms with Crippen molar-refractivity contribution >= 4 is 0 Å². The first kappa shape index (κ1) is 15.4. The van der Waals surface area contributed by atoms with Crippen LogP contribution < -0.4 is 5.32 Å². The highest BCUT2D eigenvalue weighted by Crippen LogP contribution is 2.27. The SMILES string of the molecule is CC(N[C@H](C)C1CCCCCC1)c1ccc(F)cc1F. The van der Waals surface area contributed by atoms with E-state index in [1.54, 1.807) is 6.07 Å². The van der Waals surface area contributed by atoms with Crippen molar-refractivity contribution in [1.82, 2.24) is 5.32 Å². The van der Waals surface area contributed by atoms with Crippen molar-refractivity contribution in [2.75, 3.05) is 0 Å². The molecule has 1 aliphatic carbocycles. The summed E-state index contributed by atoms with van der Waals surface area (Å²) in [5, 5.41) is 3.49. The van der Waals surface area contributed by atoms with Gasteiger partial charge in [0.2, 0.25) is 0 Å². The van der Waals surface area contributed by atoms with Gasteiger partial charge >= 0.3 is 0 Å². The van der Waals surface area contributed by atoms with Crippen molar-refractivity contribution in [2.45, 2.75) is 64.5 Å². The summed E-state index contributed by atoms with van der Waals surface area (Å²) in [6, 6.07) is 4.11. The topological polar surface area (TPSA) is 12.0 Å². The van der Waals surface area contributed by atoms with Crippen LogP contribution in [0.1, 0.15) is 64.0 Å². The van der Waals surface area contributed by atoms with Crippen LogP contribution in [0.3, 0.4) is 0 Å². The van der Waals surface area contributed by atoms with Crippen molar-refractivity contribution in [2.24, 2.45) is 5.92 Å². The van der Waals surface area contributed by atoms with E-state index in [2.05, 4.69) is 12.2 Å². The van der Waals surface area contributed by atoms with Crippen molar-refractivity contribution < 1.29 is 8.78 Å². The Bertz CT molecular complexity index is 425. The number of benzene rings is 1. The van der Waals surface area contributed by atoms with Crippen LogP contribution in [0.2, 0.25) is 0 Å². The van der Waals surface area contributed by atoms with Gasteiger partial charge in [-0.05, 0) is 38.7 Å². The molecule has 1 fully saturated rings. The summed E-state index contributed by atoms with van der Waals surface area (Å²) in [5.41, 5.74) is 0.548. The molecule has 0 aliphatic heterocycles. The maximum atomic E-state index is 13.8. The number of rotatable bonds is 4. The Morgan fingerprint density at radius 1 is 1.05 bits per heavy atom. The van der Waals surface area contributed by atoms with Crippen LogP contribution >= 0.6 is 0 Å². The second kappa shape index (κ2) is 7.16. The van der Waals surface area contributed by atoms with Gasteiger partial charge < -0.3 is 5.32 Å². The second-order valence-electron chi connectivity index (χ2n) is 6.09. The fraction of sp³-hybridized carbons (Fsp3) is 0.647. The highest BCUT2D eigenvalue weighted by molar-refractivity contribution is 5.21. The number of hydrogen-bond acceptors (Lipinski definition) is 1. The Morgan fingerprint density at radius 2 is 1.70 bits per heavy atom. The first-order chi connectivity index (χ1) is 9.58. The molecule has 1 unspecified atom stereocenters. The molecular formula is C17H25F2N. The fourth-order valence-corrected chi connectivity index (χ4v) is 3.28. The monoisotopic (exact) mass is 281 g/mol. The lowest BCUT2D eigenvalue weighted by Crippen LogP contribution is -2.35. The lowest BCUT2D eigenvalue weighted by atomic mass is 9.92. The van der Waals surface area contributed by atoms with Crippen LogP contribution in [0.25, 0.3) is 0 Å². The van der Waals surface area contributed by atoms with Gasteiger partial charge in [-0.15, -0.1) is 0 Å². The molecule has 0 amide bonds. The van der Waals surface area contributed by atoms with Gasteiger partial charge in [0, 0.05) is 23.7 Å². The van der Waals surface area contributed by atoms with E-state index < -0.39 is 11.6 Å². The summed E-state index contributed by atoms with van der Waals surface area (Å²) in [5.74, 6) is -0.309. The molecular weight excluding hydrogens is 256 g/mol. The van der Waals surface area contributed by atoms with E-state index in [1.807, 2.05) is 6.92 Å². The van der Waals surface area contributed by atoms with E-state index in [0.717, 1.165) is 6.07 Å². The molecule has 112 valence electrons. The summed E-state index contributed by atoms with van der Waals surface area (Å²) in [7, 11) is 0. The van der Waals surface area contributed by atoms with Crippen LogP contribution in [0.5, 0.6) is 0 Å². The average Bonchev–Trinajstić information content (AvgIpc) is 2.67. The van der Waals surface area contributed by atoms with Crippen molar-refractivity contribution in [3.63, 3.8) is 0 Å². The summed E-state index contributed by atoms with van der Waals surface area (Å²) in [4.78, 5) is 0. The Hall–Kier alpha value is -0.960. The van der Waals surface area contributed by atoms with Crippen molar-refractivity contribution in [3.8, 4) is 0 Å². The van der Waals surface area contributed by atoms with Gasteiger partial charge in [0.15, 0.2) is 0 Å². The first-order valence-electron chi connectivity index (χ1n) is 7.79. The molecule has 1 N–H and O–H groups in total. The molecule has 0 aromatic heterocycles. The normalized spacial score (nSPS) is 20.4. The molecule has 2 rings (SSSR count). The average molecular weight is 281 g/mol. The van der Waals surface area contributed by atoms with E-state index in [-0.39, 0.29) is 6.04 Å². The molecule has 2 atom stereocenters. The van der Waals surface area contributed by atoms with Gasteiger partial charge in [-0.3, -0.25) is 0 Å². The summed E-state index contributed by atoms with van der Waals surface area (Å²) in [6.07, 6.45) is 7.79. The van der Waals surface area contributed by atoms with E-state index in [0.29, 0.717) is 17.5 Å². The molecule has 1 aromatic carbocycles.